The number of hydrogen-bond acceptors (Lipinski definition) is 3. The Labute approximate surface area is 99.0 Å². The summed E-state index contributed by atoms with van der Waals surface area (Å²) in [6.45, 7) is 4.40. The number of aryl methyl sites for hydroxylation is 2. The molecule has 0 saturated carbocycles. The van der Waals surface area contributed by atoms with Crippen LogP contribution in [0.3, 0.4) is 0 Å². The Hall–Kier alpha value is -2.11. The van der Waals surface area contributed by atoms with Crippen molar-refractivity contribution in [2.75, 3.05) is 0 Å². The maximum Gasteiger partial charge on any atom is 0.254 e. The third-order valence-electron chi connectivity index (χ3n) is 2.85. The van der Waals surface area contributed by atoms with Gasteiger partial charge < -0.3 is 5.32 Å². The van der Waals surface area contributed by atoms with Crippen LogP contribution in [-0.4, -0.2) is 25.9 Å². The first kappa shape index (κ1) is 11.4. The second-order valence-electron chi connectivity index (χ2n) is 3.94. The first-order valence-corrected chi connectivity index (χ1v) is 5.35. The smallest absolute Gasteiger partial charge is 0.254 e. The van der Waals surface area contributed by atoms with E-state index in [9.17, 15) is 4.79 Å². The van der Waals surface area contributed by atoms with E-state index < -0.39 is 0 Å². The fraction of sp³-hybridized carbons (Fsp3) is 0.364. The van der Waals surface area contributed by atoms with Gasteiger partial charge in [-0.2, -0.15) is 10.2 Å². The minimum absolute atomic E-state index is 0.138. The molecular weight excluding hydrogens is 218 g/mol. The molecule has 0 spiro atoms. The second kappa shape index (κ2) is 4.40. The molecule has 0 radical (unpaired) electrons. The second-order valence-corrected chi connectivity index (χ2v) is 3.94. The van der Waals surface area contributed by atoms with Gasteiger partial charge in [-0.25, -0.2) is 0 Å². The Balaban J connectivity index is 2.05. The molecule has 2 aromatic rings. The highest BCUT2D eigenvalue weighted by Crippen LogP contribution is 2.11. The molecule has 1 amide bonds. The quantitative estimate of drug-likeness (QED) is 0.819. The van der Waals surface area contributed by atoms with Gasteiger partial charge in [0.2, 0.25) is 0 Å². The molecule has 2 heterocycles. The Bertz CT molecular complexity index is 526. The largest absolute Gasteiger partial charge is 0.348 e. The molecular formula is C11H15N5O. The molecule has 2 N–H and O–H groups in total. The Morgan fingerprint density at radius 3 is 2.82 bits per heavy atom. The zero-order chi connectivity index (χ0) is 12.4. The summed E-state index contributed by atoms with van der Waals surface area (Å²) in [6, 6.07) is 0. The van der Waals surface area contributed by atoms with Crippen LogP contribution in [0.5, 0.6) is 0 Å². The molecule has 0 aliphatic carbocycles. The predicted molar refractivity (Wildman–Crippen MR) is 62.4 cm³/mol. The van der Waals surface area contributed by atoms with Crippen molar-refractivity contribution in [2.24, 2.45) is 7.05 Å². The van der Waals surface area contributed by atoms with Crippen molar-refractivity contribution < 1.29 is 4.79 Å². The van der Waals surface area contributed by atoms with Gasteiger partial charge in [0.1, 0.15) is 0 Å². The van der Waals surface area contributed by atoms with Crippen LogP contribution in [-0.2, 0) is 13.6 Å². The molecule has 0 aliphatic rings. The molecule has 6 nitrogen and oxygen atoms in total. The van der Waals surface area contributed by atoms with E-state index in [2.05, 4.69) is 20.6 Å². The summed E-state index contributed by atoms with van der Waals surface area (Å²) in [7, 11) is 1.89. The van der Waals surface area contributed by atoms with Gasteiger partial charge in [0.25, 0.3) is 5.91 Å². The molecule has 2 aromatic heterocycles. The maximum absolute atomic E-state index is 11.7. The number of nitrogens with zero attached hydrogens (tertiary/aromatic N) is 3. The highest BCUT2D eigenvalue weighted by Gasteiger charge is 2.11. The fourth-order valence-corrected chi connectivity index (χ4v) is 1.72. The third-order valence-corrected chi connectivity index (χ3v) is 2.85. The van der Waals surface area contributed by atoms with Crippen LogP contribution in [0.2, 0.25) is 0 Å². The zero-order valence-corrected chi connectivity index (χ0v) is 10.1. The van der Waals surface area contributed by atoms with Crippen molar-refractivity contribution in [1.82, 2.24) is 25.3 Å². The molecule has 2 rings (SSSR count). The van der Waals surface area contributed by atoms with E-state index in [0.29, 0.717) is 12.1 Å². The fourth-order valence-electron chi connectivity index (χ4n) is 1.72. The first-order chi connectivity index (χ1) is 8.09. The Morgan fingerprint density at radius 1 is 1.53 bits per heavy atom. The van der Waals surface area contributed by atoms with Crippen molar-refractivity contribution in [2.45, 2.75) is 20.4 Å². The number of H-pyrrole nitrogens is 1. The van der Waals surface area contributed by atoms with E-state index in [-0.39, 0.29) is 5.91 Å². The van der Waals surface area contributed by atoms with Crippen LogP contribution >= 0.6 is 0 Å². The van der Waals surface area contributed by atoms with E-state index >= 15 is 0 Å². The van der Waals surface area contributed by atoms with Crippen LogP contribution in [0.1, 0.15) is 27.3 Å². The maximum atomic E-state index is 11.7. The van der Waals surface area contributed by atoms with Crippen molar-refractivity contribution in [3.63, 3.8) is 0 Å². The molecule has 90 valence electrons. The minimum Gasteiger partial charge on any atom is -0.348 e. The average Bonchev–Trinajstić information content (AvgIpc) is 2.88. The molecule has 6 heteroatoms. The standard InChI is InChI=1S/C11H15N5O/c1-7-10(8(2)16(3)15-7)6-12-11(17)9-4-13-14-5-9/h4-5H,6H2,1-3H3,(H,12,17)(H,13,14). The van der Waals surface area contributed by atoms with E-state index in [1.54, 1.807) is 6.20 Å². The number of carbonyl (C=O) groups is 1. The lowest BCUT2D eigenvalue weighted by Gasteiger charge is -2.04. The van der Waals surface area contributed by atoms with E-state index in [1.807, 2.05) is 25.6 Å². The molecule has 0 aliphatic heterocycles. The highest BCUT2D eigenvalue weighted by atomic mass is 16.1. The van der Waals surface area contributed by atoms with Crippen molar-refractivity contribution in [3.8, 4) is 0 Å². The van der Waals surface area contributed by atoms with Crippen LogP contribution in [0.15, 0.2) is 12.4 Å². The number of amides is 1. The Morgan fingerprint density at radius 2 is 2.29 bits per heavy atom. The molecule has 17 heavy (non-hydrogen) atoms. The lowest BCUT2D eigenvalue weighted by Crippen LogP contribution is -2.22. The molecule has 0 bridgehead atoms. The van der Waals surface area contributed by atoms with E-state index in [0.717, 1.165) is 17.0 Å². The summed E-state index contributed by atoms with van der Waals surface area (Å²) in [5, 5.41) is 13.5. The van der Waals surface area contributed by atoms with Gasteiger partial charge in [-0.15, -0.1) is 0 Å². The molecule has 0 saturated heterocycles. The zero-order valence-electron chi connectivity index (χ0n) is 10.1. The molecule has 0 aromatic carbocycles. The van der Waals surface area contributed by atoms with Crippen LogP contribution in [0.25, 0.3) is 0 Å². The van der Waals surface area contributed by atoms with Gasteiger partial charge in [0.15, 0.2) is 0 Å². The predicted octanol–water partition coefficient (Wildman–Crippen LogP) is 0.690. The number of hydrogen-bond donors (Lipinski definition) is 2. The summed E-state index contributed by atoms with van der Waals surface area (Å²) in [5.41, 5.74) is 3.60. The average molecular weight is 233 g/mol. The van der Waals surface area contributed by atoms with Crippen molar-refractivity contribution >= 4 is 5.91 Å². The van der Waals surface area contributed by atoms with Crippen molar-refractivity contribution in [3.05, 3.63) is 34.9 Å². The van der Waals surface area contributed by atoms with Crippen molar-refractivity contribution in [1.29, 1.82) is 0 Å². The first-order valence-electron chi connectivity index (χ1n) is 5.35. The lowest BCUT2D eigenvalue weighted by atomic mass is 10.2. The number of nitrogens with one attached hydrogen (secondary N) is 2. The molecule has 0 fully saturated rings. The van der Waals surface area contributed by atoms with Gasteiger partial charge in [-0.1, -0.05) is 0 Å². The lowest BCUT2D eigenvalue weighted by molar-refractivity contribution is 0.0951. The molecule has 0 atom stereocenters. The Kier molecular flexibility index (Phi) is 2.95. The summed E-state index contributed by atoms with van der Waals surface area (Å²) in [5.74, 6) is -0.138. The monoisotopic (exact) mass is 233 g/mol. The summed E-state index contributed by atoms with van der Waals surface area (Å²) >= 11 is 0. The van der Waals surface area contributed by atoms with Crippen LogP contribution < -0.4 is 5.32 Å². The summed E-state index contributed by atoms with van der Waals surface area (Å²) < 4.78 is 1.81. The number of carbonyl (C=O) groups excluding carboxylic acids is 1. The van der Waals surface area contributed by atoms with Gasteiger partial charge in [-0.05, 0) is 13.8 Å². The topological polar surface area (TPSA) is 75.6 Å². The highest BCUT2D eigenvalue weighted by molar-refractivity contribution is 5.93. The summed E-state index contributed by atoms with van der Waals surface area (Å²) in [4.78, 5) is 11.7. The number of aromatic amines is 1. The minimum atomic E-state index is -0.138. The van der Waals surface area contributed by atoms with E-state index in [1.165, 1.54) is 6.20 Å². The van der Waals surface area contributed by atoms with Gasteiger partial charge in [-0.3, -0.25) is 14.6 Å². The van der Waals surface area contributed by atoms with Gasteiger partial charge in [0, 0.05) is 31.0 Å². The van der Waals surface area contributed by atoms with E-state index in [4.69, 9.17) is 0 Å². The molecule has 0 unspecified atom stereocenters. The van der Waals surface area contributed by atoms with Gasteiger partial charge in [0.05, 0.1) is 17.5 Å². The van der Waals surface area contributed by atoms with Crippen LogP contribution in [0, 0.1) is 13.8 Å². The number of aromatic nitrogens is 4. The van der Waals surface area contributed by atoms with Gasteiger partial charge >= 0.3 is 0 Å². The van der Waals surface area contributed by atoms with Crippen LogP contribution in [0.4, 0.5) is 0 Å². The normalized spacial score (nSPS) is 10.5. The SMILES string of the molecule is Cc1nn(C)c(C)c1CNC(=O)c1cn[nH]c1. The summed E-state index contributed by atoms with van der Waals surface area (Å²) in [6.07, 6.45) is 3.07. The third kappa shape index (κ3) is 2.20. The number of rotatable bonds is 3.